The van der Waals surface area contributed by atoms with Gasteiger partial charge in [-0.1, -0.05) is 46.9 Å². The lowest BCUT2D eigenvalue weighted by Crippen LogP contribution is -2.17. The standard InChI is InChI=1S/C15H12Cl3N5O/c1-22-13(11(17)6-19-22)15(24)20-14-12(18)8-23(21-14)7-9-2-4-10(16)5-3-9/h2-6,8H,7H2,1H3,(H,20,21,24). The lowest BCUT2D eigenvalue weighted by Gasteiger charge is -2.04. The molecule has 124 valence electrons. The minimum absolute atomic E-state index is 0.236. The number of amides is 1. The van der Waals surface area contributed by atoms with E-state index in [9.17, 15) is 4.79 Å². The summed E-state index contributed by atoms with van der Waals surface area (Å²) >= 11 is 18.0. The summed E-state index contributed by atoms with van der Waals surface area (Å²) in [4.78, 5) is 12.3. The molecule has 3 aromatic rings. The van der Waals surface area contributed by atoms with Crippen LogP contribution in [0.4, 0.5) is 5.82 Å². The van der Waals surface area contributed by atoms with Crippen molar-refractivity contribution in [3.05, 3.63) is 63.0 Å². The van der Waals surface area contributed by atoms with Crippen molar-refractivity contribution in [2.75, 3.05) is 5.32 Å². The number of benzene rings is 1. The molecule has 6 nitrogen and oxygen atoms in total. The molecule has 2 heterocycles. The van der Waals surface area contributed by atoms with Crippen LogP contribution in [0.2, 0.25) is 15.1 Å². The van der Waals surface area contributed by atoms with Gasteiger partial charge in [-0.2, -0.15) is 10.2 Å². The van der Waals surface area contributed by atoms with Crippen LogP contribution in [0.15, 0.2) is 36.7 Å². The summed E-state index contributed by atoms with van der Waals surface area (Å²) < 4.78 is 3.02. The van der Waals surface area contributed by atoms with Gasteiger partial charge in [0.25, 0.3) is 5.91 Å². The fourth-order valence-corrected chi connectivity index (χ4v) is 2.75. The predicted octanol–water partition coefficient (Wildman–Crippen LogP) is 3.88. The predicted molar refractivity (Wildman–Crippen MR) is 94.0 cm³/mol. The van der Waals surface area contributed by atoms with Gasteiger partial charge in [0.15, 0.2) is 5.82 Å². The summed E-state index contributed by atoms with van der Waals surface area (Å²) in [7, 11) is 1.63. The average molecular weight is 385 g/mol. The molecule has 2 aromatic heterocycles. The zero-order chi connectivity index (χ0) is 17.3. The Morgan fingerprint density at radius 2 is 1.88 bits per heavy atom. The molecule has 0 aliphatic carbocycles. The van der Waals surface area contributed by atoms with Crippen molar-refractivity contribution in [3.63, 3.8) is 0 Å². The van der Waals surface area contributed by atoms with E-state index in [0.717, 1.165) is 5.56 Å². The van der Waals surface area contributed by atoms with Crippen LogP contribution in [-0.2, 0) is 13.6 Å². The SMILES string of the molecule is Cn1ncc(Cl)c1C(=O)Nc1nn(Cc2ccc(Cl)cc2)cc1Cl. The quantitative estimate of drug-likeness (QED) is 0.742. The molecule has 1 amide bonds. The lowest BCUT2D eigenvalue weighted by atomic mass is 10.2. The Bertz CT molecular complexity index is 866. The van der Waals surface area contributed by atoms with E-state index in [0.29, 0.717) is 16.6 Å². The van der Waals surface area contributed by atoms with Crippen LogP contribution in [0, 0.1) is 0 Å². The number of nitrogens with one attached hydrogen (secondary N) is 1. The molecule has 3 rings (SSSR count). The van der Waals surface area contributed by atoms with Gasteiger partial charge < -0.3 is 5.32 Å². The van der Waals surface area contributed by atoms with Crippen molar-refractivity contribution < 1.29 is 4.79 Å². The molecule has 0 spiro atoms. The van der Waals surface area contributed by atoms with E-state index in [1.54, 1.807) is 30.1 Å². The maximum Gasteiger partial charge on any atom is 0.276 e. The summed E-state index contributed by atoms with van der Waals surface area (Å²) in [5, 5.41) is 12.1. The zero-order valence-electron chi connectivity index (χ0n) is 12.5. The number of hydrogen-bond donors (Lipinski definition) is 1. The van der Waals surface area contributed by atoms with Gasteiger partial charge in [0, 0.05) is 18.3 Å². The largest absolute Gasteiger partial charge is 0.302 e. The topological polar surface area (TPSA) is 64.7 Å². The van der Waals surface area contributed by atoms with E-state index in [2.05, 4.69) is 15.5 Å². The van der Waals surface area contributed by atoms with Gasteiger partial charge in [0.1, 0.15) is 10.7 Å². The number of aryl methyl sites for hydroxylation is 1. The van der Waals surface area contributed by atoms with E-state index in [1.807, 2.05) is 12.1 Å². The van der Waals surface area contributed by atoms with Crippen LogP contribution >= 0.6 is 34.8 Å². The summed E-state index contributed by atoms with van der Waals surface area (Å²) in [6.07, 6.45) is 3.04. The Kier molecular flexibility index (Phi) is 4.80. The van der Waals surface area contributed by atoms with Crippen LogP contribution in [0.1, 0.15) is 16.1 Å². The molecule has 0 aliphatic rings. The first-order valence-corrected chi connectivity index (χ1v) is 8.03. The third-order valence-electron chi connectivity index (χ3n) is 3.32. The zero-order valence-corrected chi connectivity index (χ0v) is 14.8. The van der Waals surface area contributed by atoms with Crippen LogP contribution in [-0.4, -0.2) is 25.5 Å². The van der Waals surface area contributed by atoms with Gasteiger partial charge >= 0.3 is 0 Å². The summed E-state index contributed by atoms with van der Waals surface area (Å²) in [6.45, 7) is 0.499. The molecular weight excluding hydrogens is 373 g/mol. The molecule has 1 aromatic carbocycles. The number of aromatic nitrogens is 4. The second kappa shape index (κ2) is 6.84. The first kappa shape index (κ1) is 16.8. The van der Waals surface area contributed by atoms with E-state index in [1.165, 1.54) is 10.9 Å². The molecule has 1 N–H and O–H groups in total. The van der Waals surface area contributed by atoms with Crippen LogP contribution in [0.3, 0.4) is 0 Å². The van der Waals surface area contributed by atoms with Crippen LogP contribution in [0.25, 0.3) is 0 Å². The Balaban J connectivity index is 1.77. The van der Waals surface area contributed by atoms with Crippen LogP contribution in [0.5, 0.6) is 0 Å². The van der Waals surface area contributed by atoms with Gasteiger partial charge in [-0.05, 0) is 17.7 Å². The van der Waals surface area contributed by atoms with Gasteiger partial charge in [-0.3, -0.25) is 14.2 Å². The maximum atomic E-state index is 12.3. The molecule has 0 bridgehead atoms. The highest BCUT2D eigenvalue weighted by molar-refractivity contribution is 6.35. The van der Waals surface area contributed by atoms with Gasteiger partial charge in [-0.15, -0.1) is 0 Å². The number of carbonyl (C=O) groups is 1. The molecule has 0 radical (unpaired) electrons. The Morgan fingerprint density at radius 3 is 2.50 bits per heavy atom. The number of halogens is 3. The van der Waals surface area contributed by atoms with Crippen molar-refractivity contribution in [2.24, 2.45) is 7.05 Å². The highest BCUT2D eigenvalue weighted by Crippen LogP contribution is 2.22. The number of hydrogen-bond acceptors (Lipinski definition) is 3. The van der Waals surface area contributed by atoms with Crippen molar-refractivity contribution in [1.29, 1.82) is 0 Å². The van der Waals surface area contributed by atoms with Crippen molar-refractivity contribution in [3.8, 4) is 0 Å². The molecule has 24 heavy (non-hydrogen) atoms. The van der Waals surface area contributed by atoms with Crippen molar-refractivity contribution in [1.82, 2.24) is 19.6 Å². The second-order valence-electron chi connectivity index (χ2n) is 5.07. The van der Waals surface area contributed by atoms with E-state index >= 15 is 0 Å². The third kappa shape index (κ3) is 3.56. The molecule has 0 unspecified atom stereocenters. The number of rotatable bonds is 4. The maximum absolute atomic E-state index is 12.3. The molecule has 0 saturated heterocycles. The number of carbonyl (C=O) groups excluding carboxylic acids is 1. The number of anilines is 1. The average Bonchev–Trinajstić information content (AvgIpc) is 3.04. The highest BCUT2D eigenvalue weighted by atomic mass is 35.5. The molecule has 9 heteroatoms. The normalized spacial score (nSPS) is 10.8. The molecule has 0 atom stereocenters. The second-order valence-corrected chi connectivity index (χ2v) is 6.32. The fourth-order valence-electron chi connectivity index (χ4n) is 2.17. The Morgan fingerprint density at radius 1 is 1.17 bits per heavy atom. The van der Waals surface area contributed by atoms with Gasteiger partial charge in [-0.25, -0.2) is 0 Å². The van der Waals surface area contributed by atoms with Gasteiger partial charge in [0.05, 0.1) is 17.8 Å². The Hall–Kier alpha value is -2.02. The molecule has 0 aliphatic heterocycles. The Labute approximate surface area is 152 Å². The van der Waals surface area contributed by atoms with E-state index in [4.69, 9.17) is 34.8 Å². The van der Waals surface area contributed by atoms with Gasteiger partial charge in [0.2, 0.25) is 0 Å². The minimum Gasteiger partial charge on any atom is -0.302 e. The van der Waals surface area contributed by atoms with E-state index < -0.39 is 5.91 Å². The monoisotopic (exact) mass is 383 g/mol. The highest BCUT2D eigenvalue weighted by Gasteiger charge is 2.18. The first-order valence-electron chi connectivity index (χ1n) is 6.90. The first-order chi connectivity index (χ1) is 11.4. The molecule has 0 fully saturated rings. The van der Waals surface area contributed by atoms with Crippen molar-refractivity contribution >= 4 is 46.5 Å². The third-order valence-corrected chi connectivity index (χ3v) is 4.12. The fraction of sp³-hybridized carbons (Fsp3) is 0.133. The minimum atomic E-state index is -0.432. The number of nitrogens with zero attached hydrogens (tertiary/aromatic N) is 4. The van der Waals surface area contributed by atoms with Crippen molar-refractivity contribution in [2.45, 2.75) is 6.54 Å². The van der Waals surface area contributed by atoms with Crippen LogP contribution < -0.4 is 5.32 Å². The molecule has 0 saturated carbocycles. The van der Waals surface area contributed by atoms with E-state index in [-0.39, 0.29) is 16.5 Å². The summed E-state index contributed by atoms with van der Waals surface area (Å²) in [5.74, 6) is -0.175. The summed E-state index contributed by atoms with van der Waals surface area (Å²) in [6, 6.07) is 7.39. The summed E-state index contributed by atoms with van der Waals surface area (Å²) in [5.41, 5.74) is 1.24. The lowest BCUT2D eigenvalue weighted by molar-refractivity contribution is 0.101. The molecular formula is C15H12Cl3N5O. The smallest absolute Gasteiger partial charge is 0.276 e.